The SMILES string of the molecule is N=c1c2ccn(-c3ccccc3)c2n2c(-c3ccc([N+](=O)[O-])cc3)nnc2n1-c1ccccc1. The second-order valence-corrected chi connectivity index (χ2v) is 7.74. The van der Waals surface area contributed by atoms with E-state index in [0.717, 1.165) is 17.0 Å². The second kappa shape index (κ2) is 7.52. The molecule has 0 aliphatic carbocycles. The molecule has 0 atom stereocenters. The van der Waals surface area contributed by atoms with Gasteiger partial charge in [0.05, 0.1) is 16.0 Å². The number of para-hydroxylation sites is 2. The highest BCUT2D eigenvalue weighted by molar-refractivity contribution is 5.82. The largest absolute Gasteiger partial charge is 0.302 e. The second-order valence-electron chi connectivity index (χ2n) is 7.74. The molecule has 34 heavy (non-hydrogen) atoms. The van der Waals surface area contributed by atoms with Crippen molar-refractivity contribution in [3.63, 3.8) is 0 Å². The van der Waals surface area contributed by atoms with Crippen LogP contribution in [0.15, 0.2) is 97.2 Å². The summed E-state index contributed by atoms with van der Waals surface area (Å²) in [6, 6.07) is 27.5. The van der Waals surface area contributed by atoms with Crippen LogP contribution in [-0.4, -0.2) is 28.7 Å². The topological polar surface area (TPSA) is 107 Å². The zero-order valence-corrected chi connectivity index (χ0v) is 17.7. The molecule has 0 fully saturated rings. The van der Waals surface area contributed by atoms with Crippen LogP contribution in [0.25, 0.3) is 39.6 Å². The van der Waals surface area contributed by atoms with Crippen LogP contribution in [0.5, 0.6) is 0 Å². The number of aromatic nitrogens is 5. The molecule has 6 aromatic rings. The summed E-state index contributed by atoms with van der Waals surface area (Å²) in [6.07, 6.45) is 1.92. The van der Waals surface area contributed by atoms with E-state index in [1.807, 2.05) is 81.9 Å². The van der Waals surface area contributed by atoms with Gasteiger partial charge in [-0.2, -0.15) is 0 Å². The van der Waals surface area contributed by atoms with Gasteiger partial charge in [0.1, 0.15) is 11.1 Å². The quantitative estimate of drug-likeness (QED) is 0.317. The number of fused-ring (bicyclic) bond motifs is 3. The fourth-order valence-corrected chi connectivity index (χ4v) is 4.21. The molecule has 0 amide bonds. The Bertz CT molecular complexity index is 1730. The van der Waals surface area contributed by atoms with Crippen molar-refractivity contribution in [3.8, 4) is 22.8 Å². The summed E-state index contributed by atoms with van der Waals surface area (Å²) in [7, 11) is 0. The van der Waals surface area contributed by atoms with Gasteiger partial charge in [-0.05, 0) is 42.5 Å². The molecule has 3 aromatic carbocycles. The monoisotopic (exact) mass is 447 g/mol. The van der Waals surface area contributed by atoms with Crippen LogP contribution in [0.2, 0.25) is 0 Å². The molecule has 9 nitrogen and oxygen atoms in total. The molecule has 0 spiro atoms. The number of nitro benzene ring substituents is 1. The Balaban J connectivity index is 1.74. The summed E-state index contributed by atoms with van der Waals surface area (Å²) in [5.41, 5.74) is 3.41. The third kappa shape index (κ3) is 2.91. The van der Waals surface area contributed by atoms with Crippen molar-refractivity contribution >= 4 is 22.5 Å². The normalized spacial score (nSPS) is 11.3. The Hall–Kier alpha value is -5.05. The molecule has 0 bridgehead atoms. The van der Waals surface area contributed by atoms with Gasteiger partial charge in [0.15, 0.2) is 5.82 Å². The van der Waals surface area contributed by atoms with Crippen LogP contribution < -0.4 is 5.49 Å². The number of nitrogens with one attached hydrogen (secondary N) is 1. The van der Waals surface area contributed by atoms with E-state index in [9.17, 15) is 10.1 Å². The molecule has 0 saturated heterocycles. The lowest BCUT2D eigenvalue weighted by molar-refractivity contribution is -0.384. The molecule has 164 valence electrons. The summed E-state index contributed by atoms with van der Waals surface area (Å²) in [5, 5.41) is 29.8. The molecule has 3 aromatic heterocycles. The third-order valence-electron chi connectivity index (χ3n) is 5.78. The maximum atomic E-state index is 11.1. The number of rotatable bonds is 4. The summed E-state index contributed by atoms with van der Waals surface area (Å²) < 4.78 is 5.64. The average molecular weight is 447 g/mol. The lowest BCUT2D eigenvalue weighted by Crippen LogP contribution is -2.22. The molecule has 0 unspecified atom stereocenters. The van der Waals surface area contributed by atoms with Gasteiger partial charge < -0.3 is 4.57 Å². The van der Waals surface area contributed by atoms with Gasteiger partial charge in [-0.15, -0.1) is 10.2 Å². The first-order valence-electron chi connectivity index (χ1n) is 10.5. The number of hydrogen-bond donors (Lipinski definition) is 1. The van der Waals surface area contributed by atoms with Gasteiger partial charge in [-0.3, -0.25) is 20.1 Å². The van der Waals surface area contributed by atoms with Crippen LogP contribution in [0.3, 0.4) is 0 Å². The fourth-order valence-electron chi connectivity index (χ4n) is 4.21. The minimum Gasteiger partial charge on any atom is -0.302 e. The van der Waals surface area contributed by atoms with E-state index in [1.165, 1.54) is 12.1 Å². The van der Waals surface area contributed by atoms with Crippen LogP contribution >= 0.6 is 0 Å². The van der Waals surface area contributed by atoms with E-state index < -0.39 is 4.92 Å². The van der Waals surface area contributed by atoms with Gasteiger partial charge in [0.2, 0.25) is 5.78 Å². The van der Waals surface area contributed by atoms with E-state index in [0.29, 0.717) is 22.6 Å². The van der Waals surface area contributed by atoms with Crippen molar-refractivity contribution in [1.29, 1.82) is 5.41 Å². The highest BCUT2D eigenvalue weighted by Gasteiger charge is 2.20. The Morgan fingerprint density at radius 3 is 2.09 bits per heavy atom. The summed E-state index contributed by atoms with van der Waals surface area (Å²) in [4.78, 5) is 10.7. The number of non-ortho nitro benzene ring substituents is 1. The van der Waals surface area contributed by atoms with Crippen molar-refractivity contribution in [2.45, 2.75) is 0 Å². The lowest BCUT2D eigenvalue weighted by Gasteiger charge is -2.13. The minimum absolute atomic E-state index is 0.00294. The molecule has 6 rings (SSSR count). The van der Waals surface area contributed by atoms with E-state index in [1.54, 1.807) is 16.7 Å². The smallest absolute Gasteiger partial charge is 0.269 e. The highest BCUT2D eigenvalue weighted by Crippen LogP contribution is 2.27. The maximum Gasteiger partial charge on any atom is 0.269 e. The Morgan fingerprint density at radius 1 is 0.794 bits per heavy atom. The van der Waals surface area contributed by atoms with Crippen LogP contribution in [0, 0.1) is 15.5 Å². The van der Waals surface area contributed by atoms with Crippen LogP contribution in [0.4, 0.5) is 5.69 Å². The first-order valence-corrected chi connectivity index (χ1v) is 10.5. The zero-order chi connectivity index (χ0) is 23.2. The minimum atomic E-state index is -0.430. The van der Waals surface area contributed by atoms with Crippen molar-refractivity contribution in [2.75, 3.05) is 0 Å². The maximum absolute atomic E-state index is 11.1. The van der Waals surface area contributed by atoms with Crippen molar-refractivity contribution < 1.29 is 4.92 Å². The van der Waals surface area contributed by atoms with Gasteiger partial charge in [0.25, 0.3) is 5.69 Å². The molecular formula is C25H17N7O2. The van der Waals surface area contributed by atoms with Crippen molar-refractivity contribution in [1.82, 2.24) is 23.7 Å². The Morgan fingerprint density at radius 2 is 1.44 bits per heavy atom. The molecule has 0 saturated carbocycles. The standard InChI is InChI=1S/C25H17N7O2/c26-22-21-15-16-29(18-7-3-1-4-8-18)24(21)31-23(17-11-13-20(14-12-17)32(33)34)27-28-25(31)30(22)19-9-5-2-6-10-19/h1-16,26H. The molecule has 9 heteroatoms. The first kappa shape index (κ1) is 19.6. The number of nitro groups is 1. The molecule has 0 aliphatic heterocycles. The summed E-state index contributed by atoms with van der Waals surface area (Å²) >= 11 is 0. The highest BCUT2D eigenvalue weighted by atomic mass is 16.6. The zero-order valence-electron chi connectivity index (χ0n) is 17.7. The fraction of sp³-hybridized carbons (Fsp3) is 0. The molecule has 3 heterocycles. The summed E-state index contributed by atoms with van der Waals surface area (Å²) in [6.45, 7) is 0. The number of hydrogen-bond acceptors (Lipinski definition) is 5. The molecule has 0 radical (unpaired) electrons. The Labute approximate surface area is 192 Å². The van der Waals surface area contributed by atoms with Crippen molar-refractivity contribution in [2.24, 2.45) is 0 Å². The number of benzene rings is 3. The lowest BCUT2D eigenvalue weighted by atomic mass is 10.2. The van der Waals surface area contributed by atoms with Gasteiger partial charge in [-0.1, -0.05) is 36.4 Å². The van der Waals surface area contributed by atoms with E-state index in [-0.39, 0.29) is 11.2 Å². The molecule has 0 aliphatic rings. The van der Waals surface area contributed by atoms with Gasteiger partial charge in [-0.25, -0.2) is 4.40 Å². The van der Waals surface area contributed by atoms with Crippen LogP contribution in [-0.2, 0) is 0 Å². The predicted octanol–water partition coefficient (Wildman–Crippen LogP) is 4.52. The van der Waals surface area contributed by atoms with Crippen LogP contribution in [0.1, 0.15) is 0 Å². The van der Waals surface area contributed by atoms with E-state index in [2.05, 4.69) is 10.2 Å². The van der Waals surface area contributed by atoms with E-state index in [4.69, 9.17) is 5.41 Å². The Kier molecular flexibility index (Phi) is 4.34. The van der Waals surface area contributed by atoms with Gasteiger partial charge in [0, 0.05) is 29.6 Å². The first-order chi connectivity index (χ1) is 16.6. The van der Waals surface area contributed by atoms with Crippen molar-refractivity contribution in [3.05, 3.63) is 113 Å². The predicted molar refractivity (Wildman–Crippen MR) is 127 cm³/mol. The molecule has 1 N–H and O–H groups in total. The average Bonchev–Trinajstić information content (AvgIpc) is 3.50. The van der Waals surface area contributed by atoms with Gasteiger partial charge >= 0.3 is 0 Å². The number of nitrogens with zero attached hydrogens (tertiary/aromatic N) is 6. The third-order valence-corrected chi connectivity index (χ3v) is 5.78. The molecular weight excluding hydrogens is 430 g/mol. The van der Waals surface area contributed by atoms with E-state index >= 15 is 0 Å². The summed E-state index contributed by atoms with van der Waals surface area (Å²) in [5.74, 6) is 0.989.